The van der Waals surface area contributed by atoms with Gasteiger partial charge in [0.15, 0.2) is 0 Å². The van der Waals surface area contributed by atoms with Gasteiger partial charge in [-0.15, -0.1) is 0 Å². The third-order valence-corrected chi connectivity index (χ3v) is 5.33. The fourth-order valence-electron chi connectivity index (χ4n) is 1.99. The molecule has 0 radical (unpaired) electrons. The first-order valence-corrected chi connectivity index (χ1v) is 8.68. The van der Waals surface area contributed by atoms with Gasteiger partial charge in [-0.25, -0.2) is 0 Å². The standard InChI is InChI=1S/C18H13FN2OSe/c19-13-9-10-17(23-14-6-2-1-3-7-14)16(12-13)21-18(22)15-8-4-5-11-20-15/h1-12H,(H,21,22). The average molecular weight is 371 g/mol. The molecule has 0 bridgehead atoms. The van der Waals surface area contributed by atoms with Gasteiger partial charge in [0.2, 0.25) is 0 Å². The molecule has 0 spiro atoms. The van der Waals surface area contributed by atoms with Crippen LogP contribution < -0.4 is 14.2 Å². The first kappa shape index (κ1) is 15.4. The normalized spacial score (nSPS) is 10.3. The Balaban J connectivity index is 1.86. The average Bonchev–Trinajstić information content (AvgIpc) is 2.59. The molecular weight excluding hydrogens is 358 g/mol. The minimum atomic E-state index is -0.381. The van der Waals surface area contributed by atoms with Gasteiger partial charge in [0.25, 0.3) is 0 Å². The molecule has 1 heterocycles. The second-order valence-corrected chi connectivity index (χ2v) is 7.06. The van der Waals surface area contributed by atoms with Crippen molar-refractivity contribution in [3.8, 4) is 0 Å². The van der Waals surface area contributed by atoms with E-state index < -0.39 is 0 Å². The monoisotopic (exact) mass is 372 g/mol. The van der Waals surface area contributed by atoms with Gasteiger partial charge in [-0.1, -0.05) is 0 Å². The van der Waals surface area contributed by atoms with Gasteiger partial charge in [-0.3, -0.25) is 0 Å². The van der Waals surface area contributed by atoms with Crippen LogP contribution in [0.5, 0.6) is 0 Å². The van der Waals surface area contributed by atoms with Gasteiger partial charge in [-0.2, -0.15) is 0 Å². The van der Waals surface area contributed by atoms with Crippen LogP contribution in [0, 0.1) is 5.82 Å². The second kappa shape index (κ2) is 7.18. The van der Waals surface area contributed by atoms with Gasteiger partial charge in [-0.05, 0) is 0 Å². The molecule has 0 fully saturated rings. The summed E-state index contributed by atoms with van der Waals surface area (Å²) in [5.41, 5.74) is 0.791. The molecule has 1 amide bonds. The van der Waals surface area contributed by atoms with E-state index in [0.717, 1.165) is 8.92 Å². The third-order valence-electron chi connectivity index (χ3n) is 3.06. The summed E-state index contributed by atoms with van der Waals surface area (Å²) in [5, 5.41) is 2.76. The van der Waals surface area contributed by atoms with Crippen LogP contribution in [0.3, 0.4) is 0 Å². The number of rotatable bonds is 4. The van der Waals surface area contributed by atoms with E-state index >= 15 is 0 Å². The van der Waals surface area contributed by atoms with Gasteiger partial charge in [0, 0.05) is 0 Å². The van der Waals surface area contributed by atoms with Crippen molar-refractivity contribution in [3.63, 3.8) is 0 Å². The number of benzene rings is 2. The van der Waals surface area contributed by atoms with Crippen molar-refractivity contribution in [2.24, 2.45) is 0 Å². The Morgan fingerprint density at radius 3 is 2.52 bits per heavy atom. The number of carbonyl (C=O) groups is 1. The van der Waals surface area contributed by atoms with E-state index in [-0.39, 0.29) is 26.7 Å². The molecule has 1 N–H and O–H groups in total. The number of halogens is 1. The van der Waals surface area contributed by atoms with Crippen molar-refractivity contribution < 1.29 is 9.18 Å². The van der Waals surface area contributed by atoms with Crippen LogP contribution in [-0.4, -0.2) is 25.8 Å². The summed E-state index contributed by atoms with van der Waals surface area (Å²) in [6, 6.07) is 19.5. The number of amides is 1. The summed E-state index contributed by atoms with van der Waals surface area (Å²) < 4.78 is 15.6. The molecule has 0 saturated heterocycles. The zero-order chi connectivity index (χ0) is 16.1. The molecule has 0 saturated carbocycles. The van der Waals surface area contributed by atoms with Crippen molar-refractivity contribution in [3.05, 3.63) is 84.4 Å². The van der Waals surface area contributed by atoms with Crippen LogP contribution in [0.4, 0.5) is 10.1 Å². The number of anilines is 1. The molecule has 0 aliphatic rings. The Bertz CT molecular complexity index is 810. The number of nitrogens with zero attached hydrogens (tertiary/aromatic N) is 1. The Morgan fingerprint density at radius 2 is 1.78 bits per heavy atom. The number of aromatic nitrogens is 1. The number of hydrogen-bond acceptors (Lipinski definition) is 2. The summed E-state index contributed by atoms with van der Waals surface area (Å²) in [4.78, 5) is 16.3. The van der Waals surface area contributed by atoms with Crippen molar-refractivity contribution in [2.75, 3.05) is 5.32 Å². The Labute approximate surface area is 139 Å². The van der Waals surface area contributed by atoms with Gasteiger partial charge >= 0.3 is 139 Å². The number of nitrogens with one attached hydrogen (secondary N) is 1. The topological polar surface area (TPSA) is 42.0 Å². The predicted molar refractivity (Wildman–Crippen MR) is 90.1 cm³/mol. The Kier molecular flexibility index (Phi) is 4.81. The molecule has 0 aliphatic heterocycles. The summed E-state index contributed by atoms with van der Waals surface area (Å²) in [6.45, 7) is 0. The maximum absolute atomic E-state index is 13.6. The van der Waals surface area contributed by atoms with Crippen molar-refractivity contribution >= 4 is 35.5 Å². The molecule has 1 aromatic heterocycles. The minimum absolute atomic E-state index is 0.0261. The van der Waals surface area contributed by atoms with E-state index in [1.54, 1.807) is 30.5 Å². The van der Waals surface area contributed by atoms with Crippen LogP contribution in [-0.2, 0) is 0 Å². The third kappa shape index (κ3) is 4.03. The SMILES string of the molecule is O=C(Nc1cc(F)ccc1[Se]c1ccccc1)c1ccccn1. The zero-order valence-corrected chi connectivity index (χ0v) is 13.8. The van der Waals surface area contributed by atoms with Crippen LogP contribution in [0.25, 0.3) is 0 Å². The van der Waals surface area contributed by atoms with E-state index in [4.69, 9.17) is 0 Å². The fourth-order valence-corrected chi connectivity index (χ4v) is 3.88. The Hall–Kier alpha value is -2.49. The first-order chi connectivity index (χ1) is 11.2. The molecule has 3 rings (SSSR count). The Morgan fingerprint density at radius 1 is 1.00 bits per heavy atom. The van der Waals surface area contributed by atoms with E-state index in [9.17, 15) is 9.18 Å². The molecule has 114 valence electrons. The quantitative estimate of drug-likeness (QED) is 0.714. The van der Waals surface area contributed by atoms with Crippen LogP contribution in [0.2, 0.25) is 0 Å². The van der Waals surface area contributed by atoms with Crippen molar-refractivity contribution in [1.29, 1.82) is 0 Å². The maximum atomic E-state index is 13.6. The molecule has 3 nitrogen and oxygen atoms in total. The van der Waals surface area contributed by atoms with Crippen molar-refractivity contribution in [2.45, 2.75) is 0 Å². The molecular formula is C18H13FN2OSe. The van der Waals surface area contributed by atoms with E-state index in [1.807, 2.05) is 30.3 Å². The van der Waals surface area contributed by atoms with Crippen LogP contribution in [0.1, 0.15) is 10.5 Å². The number of hydrogen-bond donors (Lipinski definition) is 1. The molecule has 2 aromatic carbocycles. The van der Waals surface area contributed by atoms with Crippen LogP contribution >= 0.6 is 0 Å². The second-order valence-electron chi connectivity index (χ2n) is 4.72. The summed E-state index contributed by atoms with van der Waals surface area (Å²) in [5.74, 6) is -0.727. The number of carbonyl (C=O) groups excluding carboxylic acids is 1. The van der Waals surface area contributed by atoms with E-state index in [0.29, 0.717) is 11.4 Å². The summed E-state index contributed by atoms with van der Waals surface area (Å²) in [7, 11) is 0. The zero-order valence-electron chi connectivity index (χ0n) is 12.1. The first-order valence-electron chi connectivity index (χ1n) is 6.97. The van der Waals surface area contributed by atoms with E-state index in [2.05, 4.69) is 10.3 Å². The fraction of sp³-hybridized carbons (Fsp3) is 0. The van der Waals surface area contributed by atoms with Gasteiger partial charge in [0.05, 0.1) is 0 Å². The predicted octanol–water partition coefficient (Wildman–Crippen LogP) is 2.13. The molecule has 0 unspecified atom stereocenters. The molecule has 0 aliphatic carbocycles. The van der Waals surface area contributed by atoms with Crippen molar-refractivity contribution in [1.82, 2.24) is 4.98 Å². The van der Waals surface area contributed by atoms with Crippen LogP contribution in [0.15, 0.2) is 72.9 Å². The molecule has 0 atom stereocenters. The summed E-state index contributed by atoms with van der Waals surface area (Å²) >= 11 is -0.0261. The number of pyridine rings is 1. The molecule has 5 heteroatoms. The van der Waals surface area contributed by atoms with Gasteiger partial charge < -0.3 is 0 Å². The molecule has 3 aromatic rings. The van der Waals surface area contributed by atoms with Gasteiger partial charge in [0.1, 0.15) is 0 Å². The molecule has 23 heavy (non-hydrogen) atoms. The van der Waals surface area contributed by atoms with E-state index in [1.165, 1.54) is 12.1 Å². The summed E-state index contributed by atoms with van der Waals surface area (Å²) in [6.07, 6.45) is 1.55.